The molecule has 0 bridgehead atoms. The van der Waals surface area contributed by atoms with Gasteiger partial charge in [0.15, 0.2) is 0 Å². The number of ketones is 2. The summed E-state index contributed by atoms with van der Waals surface area (Å²) in [5.74, 6) is -0.283. The van der Waals surface area contributed by atoms with E-state index < -0.39 is 5.92 Å². The van der Waals surface area contributed by atoms with E-state index in [4.69, 9.17) is 0 Å². The molecular formula is C16H21NO2. The summed E-state index contributed by atoms with van der Waals surface area (Å²) in [6.07, 6.45) is 2.61. The molecule has 0 amide bonds. The summed E-state index contributed by atoms with van der Waals surface area (Å²) in [6.45, 7) is 8.13. The Morgan fingerprint density at radius 2 is 1.84 bits per heavy atom. The molecule has 3 heteroatoms. The SMILES string of the molecule is Cc1ccnc(C2C(=O)CC(C)(C(C)C)CC2=O)c1. The molecule has 1 saturated carbocycles. The Balaban J connectivity index is 2.31. The molecule has 1 aliphatic carbocycles. The smallest absolute Gasteiger partial charge is 0.149 e. The van der Waals surface area contributed by atoms with E-state index in [1.54, 1.807) is 6.20 Å². The fourth-order valence-corrected chi connectivity index (χ4v) is 2.70. The summed E-state index contributed by atoms with van der Waals surface area (Å²) in [5.41, 5.74) is 1.44. The van der Waals surface area contributed by atoms with E-state index in [0.29, 0.717) is 24.5 Å². The number of carbonyl (C=O) groups is 2. The Hall–Kier alpha value is -1.51. The van der Waals surface area contributed by atoms with Gasteiger partial charge in [-0.15, -0.1) is 0 Å². The van der Waals surface area contributed by atoms with Crippen LogP contribution in [-0.4, -0.2) is 16.6 Å². The number of hydrogen-bond donors (Lipinski definition) is 0. The van der Waals surface area contributed by atoms with E-state index in [1.165, 1.54) is 0 Å². The van der Waals surface area contributed by atoms with Crippen molar-refractivity contribution < 1.29 is 9.59 Å². The maximum atomic E-state index is 12.4. The van der Waals surface area contributed by atoms with Crippen molar-refractivity contribution >= 4 is 11.6 Å². The lowest BCUT2D eigenvalue weighted by Gasteiger charge is -2.38. The monoisotopic (exact) mass is 259 g/mol. The molecule has 1 aliphatic rings. The Morgan fingerprint density at radius 3 is 2.32 bits per heavy atom. The highest BCUT2D eigenvalue weighted by Crippen LogP contribution is 2.43. The summed E-state index contributed by atoms with van der Waals surface area (Å²) in [5, 5.41) is 0. The molecule has 1 aromatic heterocycles. The molecule has 0 aliphatic heterocycles. The number of nitrogens with zero attached hydrogens (tertiary/aromatic N) is 1. The van der Waals surface area contributed by atoms with Crippen molar-refractivity contribution in [3.05, 3.63) is 29.6 Å². The van der Waals surface area contributed by atoms with E-state index in [9.17, 15) is 9.59 Å². The lowest BCUT2D eigenvalue weighted by molar-refractivity contribution is -0.137. The lowest BCUT2D eigenvalue weighted by atomic mass is 9.64. The molecule has 1 fully saturated rings. The van der Waals surface area contributed by atoms with Gasteiger partial charge in [-0.3, -0.25) is 14.6 Å². The highest BCUT2D eigenvalue weighted by molar-refractivity contribution is 6.09. The molecule has 0 spiro atoms. The van der Waals surface area contributed by atoms with Gasteiger partial charge in [-0.05, 0) is 36.0 Å². The second kappa shape index (κ2) is 4.87. The van der Waals surface area contributed by atoms with E-state index in [2.05, 4.69) is 18.8 Å². The summed E-state index contributed by atoms with van der Waals surface area (Å²) < 4.78 is 0. The van der Waals surface area contributed by atoms with Crippen LogP contribution < -0.4 is 0 Å². The van der Waals surface area contributed by atoms with Crippen LogP contribution in [0.5, 0.6) is 0 Å². The molecular weight excluding hydrogens is 238 g/mol. The predicted molar refractivity (Wildman–Crippen MR) is 73.9 cm³/mol. The van der Waals surface area contributed by atoms with E-state index in [1.807, 2.05) is 26.0 Å². The first-order chi connectivity index (χ1) is 8.83. The second-order valence-electron chi connectivity index (χ2n) is 6.29. The quantitative estimate of drug-likeness (QED) is 0.767. The zero-order chi connectivity index (χ0) is 14.2. The normalized spacial score (nSPS) is 27.9. The molecule has 0 saturated heterocycles. The molecule has 1 heterocycles. The van der Waals surface area contributed by atoms with Crippen LogP contribution in [0.2, 0.25) is 0 Å². The van der Waals surface area contributed by atoms with Crippen molar-refractivity contribution in [1.29, 1.82) is 0 Å². The number of aromatic nitrogens is 1. The summed E-state index contributed by atoms with van der Waals surface area (Å²) >= 11 is 0. The molecule has 1 aromatic rings. The zero-order valence-electron chi connectivity index (χ0n) is 12.1. The Labute approximate surface area is 114 Å². The van der Waals surface area contributed by atoms with Crippen LogP contribution in [0, 0.1) is 18.3 Å². The highest BCUT2D eigenvalue weighted by atomic mass is 16.2. The van der Waals surface area contributed by atoms with Crippen LogP contribution in [-0.2, 0) is 9.59 Å². The first-order valence-corrected chi connectivity index (χ1v) is 6.81. The molecule has 19 heavy (non-hydrogen) atoms. The van der Waals surface area contributed by atoms with Crippen LogP contribution in [0.25, 0.3) is 0 Å². The van der Waals surface area contributed by atoms with Crippen molar-refractivity contribution in [3.8, 4) is 0 Å². The minimum Gasteiger partial charge on any atom is -0.298 e. The number of carbonyl (C=O) groups excluding carboxylic acids is 2. The zero-order valence-corrected chi connectivity index (χ0v) is 12.1. The Kier molecular flexibility index (Phi) is 3.57. The van der Waals surface area contributed by atoms with Gasteiger partial charge in [0.25, 0.3) is 0 Å². The van der Waals surface area contributed by atoms with E-state index >= 15 is 0 Å². The van der Waals surface area contributed by atoms with Crippen molar-refractivity contribution in [3.63, 3.8) is 0 Å². The minimum absolute atomic E-state index is 0.0190. The van der Waals surface area contributed by atoms with Crippen molar-refractivity contribution in [2.75, 3.05) is 0 Å². The summed E-state index contributed by atoms with van der Waals surface area (Å²) in [7, 11) is 0. The molecule has 0 atom stereocenters. The van der Waals surface area contributed by atoms with Gasteiger partial charge in [0.1, 0.15) is 17.5 Å². The van der Waals surface area contributed by atoms with Gasteiger partial charge in [-0.2, -0.15) is 0 Å². The third-order valence-electron chi connectivity index (χ3n) is 4.43. The lowest BCUT2D eigenvalue weighted by Crippen LogP contribution is -2.40. The van der Waals surface area contributed by atoms with Gasteiger partial charge in [0, 0.05) is 19.0 Å². The number of pyridine rings is 1. The fourth-order valence-electron chi connectivity index (χ4n) is 2.70. The number of Topliss-reactive ketones (excluding diaryl/α,β-unsaturated/α-hetero) is 2. The third kappa shape index (κ3) is 2.60. The molecule has 0 aromatic carbocycles. The van der Waals surface area contributed by atoms with Gasteiger partial charge in [0.2, 0.25) is 0 Å². The maximum absolute atomic E-state index is 12.4. The van der Waals surface area contributed by atoms with Crippen LogP contribution in [0.15, 0.2) is 18.3 Å². The van der Waals surface area contributed by atoms with Crippen molar-refractivity contribution in [2.24, 2.45) is 11.3 Å². The van der Waals surface area contributed by atoms with Crippen LogP contribution in [0.1, 0.15) is 50.8 Å². The maximum Gasteiger partial charge on any atom is 0.149 e. The molecule has 3 nitrogen and oxygen atoms in total. The van der Waals surface area contributed by atoms with E-state index in [0.717, 1.165) is 5.56 Å². The number of hydrogen-bond acceptors (Lipinski definition) is 3. The average molecular weight is 259 g/mol. The van der Waals surface area contributed by atoms with Gasteiger partial charge in [-0.25, -0.2) is 0 Å². The van der Waals surface area contributed by atoms with Gasteiger partial charge in [0.05, 0.1) is 5.69 Å². The predicted octanol–water partition coefficient (Wildman–Crippen LogP) is 3.07. The standard InChI is InChI=1S/C16H21NO2/c1-10(2)16(4)8-13(18)15(14(19)9-16)12-7-11(3)5-6-17-12/h5-7,10,15H,8-9H2,1-4H3. The third-order valence-corrected chi connectivity index (χ3v) is 4.43. The number of aryl methyl sites for hydroxylation is 1. The molecule has 102 valence electrons. The molecule has 0 N–H and O–H groups in total. The second-order valence-corrected chi connectivity index (χ2v) is 6.29. The molecule has 0 radical (unpaired) electrons. The minimum atomic E-state index is -0.647. The summed E-state index contributed by atoms with van der Waals surface area (Å²) in [4.78, 5) is 29.0. The Bertz CT molecular complexity index is 501. The van der Waals surface area contributed by atoms with Gasteiger partial charge >= 0.3 is 0 Å². The van der Waals surface area contributed by atoms with Crippen LogP contribution >= 0.6 is 0 Å². The van der Waals surface area contributed by atoms with Crippen molar-refractivity contribution in [1.82, 2.24) is 4.98 Å². The fraction of sp³-hybridized carbons (Fsp3) is 0.562. The van der Waals surface area contributed by atoms with Crippen LogP contribution in [0.3, 0.4) is 0 Å². The van der Waals surface area contributed by atoms with Gasteiger partial charge < -0.3 is 0 Å². The highest BCUT2D eigenvalue weighted by Gasteiger charge is 2.44. The topological polar surface area (TPSA) is 47.0 Å². The Morgan fingerprint density at radius 1 is 1.26 bits per heavy atom. The summed E-state index contributed by atoms with van der Waals surface area (Å²) in [6, 6.07) is 3.72. The van der Waals surface area contributed by atoms with Gasteiger partial charge in [-0.1, -0.05) is 20.8 Å². The average Bonchev–Trinajstić information content (AvgIpc) is 2.27. The first kappa shape index (κ1) is 13.9. The molecule has 2 rings (SSSR count). The first-order valence-electron chi connectivity index (χ1n) is 6.81. The largest absolute Gasteiger partial charge is 0.298 e. The molecule has 0 unspecified atom stereocenters. The van der Waals surface area contributed by atoms with Crippen molar-refractivity contribution in [2.45, 2.75) is 46.5 Å². The van der Waals surface area contributed by atoms with E-state index in [-0.39, 0.29) is 17.0 Å². The van der Waals surface area contributed by atoms with Crippen LogP contribution in [0.4, 0.5) is 0 Å². The number of rotatable bonds is 2.